The molecule has 0 saturated carbocycles. The predicted octanol–water partition coefficient (Wildman–Crippen LogP) is 1.91. The van der Waals surface area contributed by atoms with Gasteiger partial charge in [-0.2, -0.15) is 0 Å². The quantitative estimate of drug-likeness (QED) is 0.732. The van der Waals surface area contributed by atoms with Crippen LogP contribution in [0.2, 0.25) is 5.02 Å². The van der Waals surface area contributed by atoms with E-state index in [1.54, 1.807) is 0 Å². The van der Waals surface area contributed by atoms with Crippen molar-refractivity contribution in [2.75, 3.05) is 0 Å². The molecule has 0 fully saturated rings. The molecule has 2 aromatic heterocycles. The average molecular weight is 197 g/mol. The number of aromatic nitrogens is 2. The Morgan fingerprint density at radius 3 is 2.92 bits per heavy atom. The van der Waals surface area contributed by atoms with Crippen molar-refractivity contribution >= 4 is 28.5 Å². The predicted molar refractivity (Wildman–Crippen MR) is 48.1 cm³/mol. The van der Waals surface area contributed by atoms with Gasteiger partial charge in [-0.25, -0.2) is 4.79 Å². The van der Waals surface area contributed by atoms with Gasteiger partial charge in [0.25, 0.3) is 0 Å². The van der Waals surface area contributed by atoms with Crippen molar-refractivity contribution in [3.05, 3.63) is 29.2 Å². The number of carbonyl (C=O) groups is 1. The van der Waals surface area contributed by atoms with Crippen LogP contribution in [0.4, 0.5) is 0 Å². The Bertz CT molecular complexity index is 478. The number of aromatic carboxylic acids is 1. The van der Waals surface area contributed by atoms with Crippen molar-refractivity contribution in [2.24, 2.45) is 0 Å². The first-order valence-corrected chi connectivity index (χ1v) is 3.92. The molecule has 0 spiro atoms. The van der Waals surface area contributed by atoms with Gasteiger partial charge in [0.2, 0.25) is 0 Å². The van der Waals surface area contributed by atoms with E-state index in [4.69, 9.17) is 16.7 Å². The molecule has 0 amide bonds. The highest BCUT2D eigenvalue weighted by molar-refractivity contribution is 6.35. The number of H-pyrrole nitrogens is 1. The number of carboxylic acids is 1. The number of hydrogen-bond donors (Lipinski definition) is 2. The van der Waals surface area contributed by atoms with Crippen molar-refractivity contribution < 1.29 is 9.90 Å². The summed E-state index contributed by atoms with van der Waals surface area (Å²) in [4.78, 5) is 17.1. The Kier molecular flexibility index (Phi) is 1.70. The summed E-state index contributed by atoms with van der Waals surface area (Å²) in [6, 6.07) is 1.49. The van der Waals surface area contributed by atoms with Crippen molar-refractivity contribution in [1.29, 1.82) is 0 Å². The number of rotatable bonds is 1. The van der Waals surface area contributed by atoms with Crippen molar-refractivity contribution in [2.45, 2.75) is 0 Å². The van der Waals surface area contributed by atoms with Crippen LogP contribution in [-0.4, -0.2) is 21.0 Å². The number of nitrogens with zero attached hydrogens (tertiary/aromatic N) is 1. The molecule has 0 bridgehead atoms. The van der Waals surface area contributed by atoms with E-state index in [0.717, 1.165) is 0 Å². The van der Waals surface area contributed by atoms with Crippen LogP contribution in [0.5, 0.6) is 0 Å². The molecule has 2 aromatic rings. The number of fused-ring (bicyclic) bond motifs is 1. The first kappa shape index (κ1) is 8.07. The summed E-state index contributed by atoms with van der Waals surface area (Å²) in [5, 5.41) is 9.80. The van der Waals surface area contributed by atoms with Crippen LogP contribution in [0.1, 0.15) is 10.5 Å². The molecule has 5 heteroatoms. The zero-order valence-electron chi connectivity index (χ0n) is 6.41. The maximum absolute atomic E-state index is 10.6. The monoisotopic (exact) mass is 196 g/mol. The molecule has 66 valence electrons. The third kappa shape index (κ3) is 1.25. The smallest absolute Gasteiger partial charge is 0.352 e. The lowest BCUT2D eigenvalue weighted by atomic mass is 10.3. The second-order valence-corrected chi connectivity index (χ2v) is 2.98. The minimum atomic E-state index is -1.01. The topological polar surface area (TPSA) is 66.0 Å². The Hall–Kier alpha value is -1.55. The first-order chi connectivity index (χ1) is 6.18. The highest BCUT2D eigenvalue weighted by atomic mass is 35.5. The van der Waals surface area contributed by atoms with Gasteiger partial charge in [-0.3, -0.25) is 4.98 Å². The first-order valence-electron chi connectivity index (χ1n) is 3.54. The van der Waals surface area contributed by atoms with Crippen LogP contribution in [0.15, 0.2) is 18.5 Å². The Morgan fingerprint density at radius 1 is 1.54 bits per heavy atom. The molecule has 2 rings (SSSR count). The van der Waals surface area contributed by atoms with Gasteiger partial charge in [-0.1, -0.05) is 11.6 Å². The summed E-state index contributed by atoms with van der Waals surface area (Å²) in [7, 11) is 0. The molecule has 13 heavy (non-hydrogen) atoms. The fourth-order valence-corrected chi connectivity index (χ4v) is 1.34. The highest BCUT2D eigenvalue weighted by Gasteiger charge is 2.08. The molecule has 0 radical (unpaired) electrons. The van der Waals surface area contributed by atoms with E-state index in [2.05, 4.69) is 9.97 Å². The SMILES string of the molecule is O=C(O)c1cc2c(Cl)cncc2[nH]1. The second-order valence-electron chi connectivity index (χ2n) is 2.57. The third-order valence-electron chi connectivity index (χ3n) is 1.73. The van der Waals surface area contributed by atoms with Gasteiger partial charge in [0.15, 0.2) is 0 Å². The van der Waals surface area contributed by atoms with Crippen LogP contribution in [0.3, 0.4) is 0 Å². The van der Waals surface area contributed by atoms with E-state index >= 15 is 0 Å². The van der Waals surface area contributed by atoms with E-state index in [0.29, 0.717) is 15.9 Å². The molecule has 0 aliphatic rings. The minimum absolute atomic E-state index is 0.116. The highest BCUT2D eigenvalue weighted by Crippen LogP contribution is 2.22. The van der Waals surface area contributed by atoms with Gasteiger partial charge < -0.3 is 10.1 Å². The fraction of sp³-hybridized carbons (Fsp3) is 0. The largest absolute Gasteiger partial charge is 0.477 e. The van der Waals surface area contributed by atoms with Crippen molar-refractivity contribution in [3.63, 3.8) is 0 Å². The van der Waals surface area contributed by atoms with Crippen LogP contribution in [0.25, 0.3) is 10.9 Å². The van der Waals surface area contributed by atoms with E-state index in [9.17, 15) is 4.79 Å². The molecule has 0 aliphatic carbocycles. The van der Waals surface area contributed by atoms with Gasteiger partial charge in [-0.15, -0.1) is 0 Å². The van der Waals surface area contributed by atoms with E-state index in [1.165, 1.54) is 18.5 Å². The summed E-state index contributed by atoms with van der Waals surface area (Å²) >= 11 is 5.80. The zero-order chi connectivity index (χ0) is 9.42. The van der Waals surface area contributed by atoms with Gasteiger partial charge in [0.05, 0.1) is 16.7 Å². The van der Waals surface area contributed by atoms with E-state index < -0.39 is 5.97 Å². The Balaban J connectivity index is 2.75. The van der Waals surface area contributed by atoms with Crippen molar-refractivity contribution in [1.82, 2.24) is 9.97 Å². The lowest BCUT2D eigenvalue weighted by molar-refractivity contribution is 0.0691. The standard InChI is InChI=1S/C8H5ClN2O2/c9-5-2-10-3-7-4(5)1-6(11-7)8(12)13/h1-3,11H,(H,12,13). The number of aromatic amines is 1. The van der Waals surface area contributed by atoms with Crippen LogP contribution in [0, 0.1) is 0 Å². The van der Waals surface area contributed by atoms with Gasteiger partial charge in [0, 0.05) is 11.6 Å². The number of carboxylic acid groups (broad SMARTS) is 1. The van der Waals surface area contributed by atoms with Gasteiger partial charge in [-0.05, 0) is 6.07 Å². The molecule has 0 saturated heterocycles. The minimum Gasteiger partial charge on any atom is -0.477 e. The van der Waals surface area contributed by atoms with Crippen molar-refractivity contribution in [3.8, 4) is 0 Å². The fourth-order valence-electron chi connectivity index (χ4n) is 1.13. The lowest BCUT2D eigenvalue weighted by Crippen LogP contribution is -1.94. The molecule has 0 atom stereocenters. The van der Waals surface area contributed by atoms with E-state index in [1.807, 2.05) is 0 Å². The lowest BCUT2D eigenvalue weighted by Gasteiger charge is -1.89. The molecule has 4 nitrogen and oxygen atoms in total. The number of nitrogens with one attached hydrogen (secondary N) is 1. The van der Waals surface area contributed by atoms with Gasteiger partial charge >= 0.3 is 5.97 Å². The summed E-state index contributed by atoms with van der Waals surface area (Å²) < 4.78 is 0. The maximum Gasteiger partial charge on any atom is 0.352 e. The normalized spacial score (nSPS) is 10.5. The number of halogens is 1. The molecule has 2 N–H and O–H groups in total. The van der Waals surface area contributed by atoms with Crippen LogP contribution >= 0.6 is 11.6 Å². The summed E-state index contributed by atoms with van der Waals surface area (Å²) in [5.74, 6) is -1.01. The molecular formula is C8H5ClN2O2. The summed E-state index contributed by atoms with van der Waals surface area (Å²) in [5.41, 5.74) is 0.745. The number of pyridine rings is 1. The molecular weight excluding hydrogens is 192 g/mol. The Labute approximate surface area is 78.2 Å². The number of hydrogen-bond acceptors (Lipinski definition) is 2. The molecule has 2 heterocycles. The van der Waals surface area contributed by atoms with E-state index in [-0.39, 0.29) is 5.69 Å². The van der Waals surface area contributed by atoms with Gasteiger partial charge in [0.1, 0.15) is 5.69 Å². The van der Waals surface area contributed by atoms with Crippen LogP contribution < -0.4 is 0 Å². The molecule has 0 aliphatic heterocycles. The summed E-state index contributed by atoms with van der Waals surface area (Å²) in [6.07, 6.45) is 3.01. The Morgan fingerprint density at radius 2 is 2.31 bits per heavy atom. The van der Waals surface area contributed by atoms with Crippen LogP contribution in [-0.2, 0) is 0 Å². The third-order valence-corrected chi connectivity index (χ3v) is 2.03. The maximum atomic E-state index is 10.6. The summed E-state index contributed by atoms with van der Waals surface area (Å²) in [6.45, 7) is 0. The average Bonchev–Trinajstić information content (AvgIpc) is 2.49. The second kappa shape index (κ2) is 2.74. The molecule has 0 unspecified atom stereocenters. The zero-order valence-corrected chi connectivity index (χ0v) is 7.17. The molecule has 0 aromatic carbocycles.